The van der Waals surface area contributed by atoms with E-state index >= 15 is 0 Å². The van der Waals surface area contributed by atoms with Crippen LogP contribution in [0.3, 0.4) is 0 Å². The maximum absolute atomic E-state index is 14.8. The summed E-state index contributed by atoms with van der Waals surface area (Å²) in [6.07, 6.45) is 6.10. The fraction of sp³-hybridized carbons (Fsp3) is 0.379. The first-order chi connectivity index (χ1) is 18.4. The molecule has 6 rings (SSSR count). The predicted octanol–water partition coefficient (Wildman–Crippen LogP) is 5.53. The minimum atomic E-state index is -1.36. The van der Waals surface area contributed by atoms with Crippen molar-refractivity contribution < 1.29 is 27.8 Å². The van der Waals surface area contributed by atoms with Crippen LogP contribution in [0.25, 0.3) is 0 Å². The number of rotatable bonds is 4. The van der Waals surface area contributed by atoms with Gasteiger partial charge >= 0.3 is 0 Å². The quantitative estimate of drug-likeness (QED) is 0.534. The summed E-state index contributed by atoms with van der Waals surface area (Å²) < 4.78 is 41.1. The zero-order valence-electron chi connectivity index (χ0n) is 20.5. The first-order valence-electron chi connectivity index (χ1n) is 12.8. The molecule has 2 saturated heterocycles. The fourth-order valence-electron chi connectivity index (χ4n) is 6.47. The highest BCUT2D eigenvalue weighted by atomic mass is 35.5. The maximum atomic E-state index is 14.8. The SMILES string of the molecule is O=C1C[C@@H](C2C=CC=C(F)C2)[C@]2(C(=O)Nc3cc(Cl)ccc32)[C@@H](c2cc(F)ccc2OC2CCOCC2)N1. The second-order valence-electron chi connectivity index (χ2n) is 10.3. The molecule has 4 atom stereocenters. The van der Waals surface area contributed by atoms with Gasteiger partial charge in [0.1, 0.15) is 28.9 Å². The van der Waals surface area contributed by atoms with Gasteiger partial charge in [-0.05, 0) is 53.8 Å². The smallest absolute Gasteiger partial charge is 0.237 e. The number of allylic oxidation sites excluding steroid dienone is 4. The third-order valence-electron chi connectivity index (χ3n) is 8.13. The number of halogens is 3. The number of hydrogen-bond donors (Lipinski definition) is 2. The molecule has 38 heavy (non-hydrogen) atoms. The normalized spacial score (nSPS) is 29.0. The van der Waals surface area contributed by atoms with Crippen LogP contribution in [-0.4, -0.2) is 31.1 Å². The first kappa shape index (κ1) is 25.1. The summed E-state index contributed by atoms with van der Waals surface area (Å²) in [6.45, 7) is 1.11. The lowest BCUT2D eigenvalue weighted by molar-refractivity contribution is -0.135. The number of ether oxygens (including phenoxy) is 2. The van der Waals surface area contributed by atoms with E-state index < -0.39 is 29.1 Å². The Morgan fingerprint density at radius 2 is 1.87 bits per heavy atom. The number of hydrogen-bond acceptors (Lipinski definition) is 4. The molecule has 0 aromatic heterocycles. The van der Waals surface area contributed by atoms with Crippen LogP contribution >= 0.6 is 11.6 Å². The van der Waals surface area contributed by atoms with Crippen molar-refractivity contribution in [3.63, 3.8) is 0 Å². The van der Waals surface area contributed by atoms with Gasteiger partial charge in [-0.1, -0.05) is 29.8 Å². The molecule has 2 amide bonds. The van der Waals surface area contributed by atoms with E-state index in [1.165, 1.54) is 18.2 Å². The molecule has 0 saturated carbocycles. The summed E-state index contributed by atoms with van der Waals surface area (Å²) >= 11 is 6.26. The molecule has 4 aliphatic rings. The number of carbonyl (C=O) groups excluding carboxylic acids is 2. The van der Waals surface area contributed by atoms with Gasteiger partial charge in [0, 0.05) is 42.0 Å². The van der Waals surface area contributed by atoms with Crippen molar-refractivity contribution in [3.05, 3.63) is 82.4 Å². The van der Waals surface area contributed by atoms with Crippen molar-refractivity contribution in [2.45, 2.75) is 43.2 Å². The van der Waals surface area contributed by atoms with E-state index in [4.69, 9.17) is 21.1 Å². The van der Waals surface area contributed by atoms with Crippen molar-refractivity contribution in [2.24, 2.45) is 11.8 Å². The van der Waals surface area contributed by atoms with Crippen LogP contribution in [0.2, 0.25) is 5.02 Å². The van der Waals surface area contributed by atoms with Gasteiger partial charge in [0.2, 0.25) is 11.8 Å². The van der Waals surface area contributed by atoms with E-state index in [9.17, 15) is 18.4 Å². The molecule has 0 radical (unpaired) electrons. The number of benzene rings is 2. The molecule has 3 heterocycles. The summed E-state index contributed by atoms with van der Waals surface area (Å²) in [5, 5.41) is 6.39. The summed E-state index contributed by atoms with van der Waals surface area (Å²) in [5.74, 6) is -2.15. The summed E-state index contributed by atoms with van der Waals surface area (Å²) in [7, 11) is 0. The molecule has 6 nitrogen and oxygen atoms in total. The standard InChI is InChI=1S/C29H27ClF2N2O4/c30-17-4-6-22-24(13-17)33-28(36)29(22)23(16-2-1-3-18(31)12-16)15-26(35)34-27(29)21-14-19(32)5-7-25(21)38-20-8-10-37-11-9-20/h1-7,13-14,16,20,23,27H,8-12,15H2,(H,33,36)(H,34,35)/t16?,23-,27+,29-/m0/s1. The van der Waals surface area contributed by atoms with E-state index in [0.717, 1.165) is 0 Å². The van der Waals surface area contributed by atoms with Gasteiger partial charge in [-0.2, -0.15) is 0 Å². The number of nitrogens with one attached hydrogen (secondary N) is 2. The highest BCUT2D eigenvalue weighted by Gasteiger charge is 2.62. The Labute approximate surface area is 224 Å². The topological polar surface area (TPSA) is 76.7 Å². The van der Waals surface area contributed by atoms with Crippen LogP contribution in [0.5, 0.6) is 5.75 Å². The summed E-state index contributed by atoms with van der Waals surface area (Å²) in [5.41, 5.74) is 0.157. The average Bonchev–Trinajstić information content (AvgIpc) is 3.18. The molecular weight excluding hydrogens is 514 g/mol. The number of piperidine rings is 1. The molecular formula is C29H27ClF2N2O4. The Morgan fingerprint density at radius 3 is 2.66 bits per heavy atom. The molecule has 1 unspecified atom stereocenters. The van der Waals surface area contributed by atoms with E-state index in [2.05, 4.69) is 10.6 Å². The second kappa shape index (κ2) is 9.82. The van der Waals surface area contributed by atoms with Crippen LogP contribution in [0.4, 0.5) is 14.5 Å². The molecule has 1 aliphatic carbocycles. The van der Waals surface area contributed by atoms with Gasteiger partial charge in [-0.15, -0.1) is 0 Å². The minimum Gasteiger partial charge on any atom is -0.490 e. The van der Waals surface area contributed by atoms with Crippen LogP contribution in [0, 0.1) is 17.7 Å². The van der Waals surface area contributed by atoms with Gasteiger partial charge < -0.3 is 20.1 Å². The number of amides is 2. The van der Waals surface area contributed by atoms with Crippen LogP contribution in [-0.2, 0) is 19.7 Å². The predicted molar refractivity (Wildman–Crippen MR) is 138 cm³/mol. The first-order valence-corrected chi connectivity index (χ1v) is 13.2. The van der Waals surface area contributed by atoms with Crippen molar-refractivity contribution in [2.75, 3.05) is 18.5 Å². The molecule has 3 aliphatic heterocycles. The van der Waals surface area contributed by atoms with Crippen LogP contribution < -0.4 is 15.4 Å². The molecule has 2 fully saturated rings. The van der Waals surface area contributed by atoms with E-state index in [1.54, 1.807) is 30.3 Å². The van der Waals surface area contributed by atoms with E-state index in [-0.39, 0.29) is 36.6 Å². The Morgan fingerprint density at radius 1 is 1.05 bits per heavy atom. The van der Waals surface area contributed by atoms with Crippen molar-refractivity contribution in [1.82, 2.24) is 5.32 Å². The molecule has 0 bridgehead atoms. The molecule has 198 valence electrons. The lowest BCUT2D eigenvalue weighted by Crippen LogP contribution is -2.59. The Kier molecular flexibility index (Phi) is 6.48. The third kappa shape index (κ3) is 4.20. The van der Waals surface area contributed by atoms with Gasteiger partial charge in [0.15, 0.2) is 0 Å². The molecule has 2 N–H and O–H groups in total. The van der Waals surface area contributed by atoms with Gasteiger partial charge in [0.25, 0.3) is 0 Å². The lowest BCUT2D eigenvalue weighted by atomic mass is 9.57. The largest absolute Gasteiger partial charge is 0.490 e. The maximum Gasteiger partial charge on any atom is 0.237 e. The van der Waals surface area contributed by atoms with Crippen molar-refractivity contribution >= 4 is 29.1 Å². The second-order valence-corrected chi connectivity index (χ2v) is 10.7. The third-order valence-corrected chi connectivity index (χ3v) is 8.36. The number of carbonyl (C=O) groups is 2. The van der Waals surface area contributed by atoms with Crippen molar-refractivity contribution in [3.8, 4) is 5.75 Å². The van der Waals surface area contributed by atoms with E-state index in [1.807, 2.05) is 6.08 Å². The minimum absolute atomic E-state index is 0.000255. The zero-order valence-corrected chi connectivity index (χ0v) is 21.3. The lowest BCUT2D eigenvalue weighted by Gasteiger charge is -2.49. The molecule has 2 aromatic carbocycles. The van der Waals surface area contributed by atoms with Crippen LogP contribution in [0.1, 0.15) is 42.9 Å². The highest BCUT2D eigenvalue weighted by molar-refractivity contribution is 6.31. The summed E-state index contributed by atoms with van der Waals surface area (Å²) in [4.78, 5) is 27.4. The van der Waals surface area contributed by atoms with Crippen molar-refractivity contribution in [1.29, 1.82) is 0 Å². The van der Waals surface area contributed by atoms with Gasteiger partial charge in [-0.3, -0.25) is 9.59 Å². The molecule has 9 heteroatoms. The molecule has 1 spiro atoms. The Hall–Kier alpha value is -3.23. The molecule has 2 aromatic rings. The summed E-state index contributed by atoms with van der Waals surface area (Å²) in [6, 6.07) is 8.32. The highest BCUT2D eigenvalue weighted by Crippen LogP contribution is 2.58. The van der Waals surface area contributed by atoms with Gasteiger partial charge in [0.05, 0.1) is 19.3 Å². The van der Waals surface area contributed by atoms with Crippen LogP contribution in [0.15, 0.2) is 60.5 Å². The van der Waals surface area contributed by atoms with E-state index in [0.29, 0.717) is 53.6 Å². The zero-order chi connectivity index (χ0) is 26.4. The number of fused-ring (bicyclic) bond motifs is 2. The Bertz CT molecular complexity index is 1360. The fourth-order valence-corrected chi connectivity index (χ4v) is 6.64. The number of anilines is 1. The Balaban J connectivity index is 1.54. The van der Waals surface area contributed by atoms with Gasteiger partial charge in [-0.25, -0.2) is 8.78 Å². The average molecular weight is 541 g/mol. The monoisotopic (exact) mass is 540 g/mol.